The van der Waals surface area contributed by atoms with Gasteiger partial charge in [0.25, 0.3) is 5.91 Å². The van der Waals surface area contributed by atoms with Crippen molar-refractivity contribution >= 4 is 11.9 Å². The summed E-state index contributed by atoms with van der Waals surface area (Å²) >= 11 is 0. The number of benzene rings is 1. The molecule has 1 heterocycles. The number of carbonyl (C=O) groups is 2. The van der Waals surface area contributed by atoms with Gasteiger partial charge in [0.15, 0.2) is 5.76 Å². The van der Waals surface area contributed by atoms with Crippen LogP contribution in [-0.2, 0) is 6.42 Å². The highest BCUT2D eigenvalue weighted by atomic mass is 19.1. The molecule has 23 heavy (non-hydrogen) atoms. The van der Waals surface area contributed by atoms with Crippen LogP contribution in [0.1, 0.15) is 40.5 Å². The molecule has 0 saturated heterocycles. The van der Waals surface area contributed by atoms with Crippen molar-refractivity contribution in [2.24, 2.45) is 5.92 Å². The fourth-order valence-corrected chi connectivity index (χ4v) is 2.14. The average molecular weight is 319 g/mol. The van der Waals surface area contributed by atoms with Gasteiger partial charge in [-0.05, 0) is 42.2 Å². The molecule has 6 heteroatoms. The highest BCUT2D eigenvalue weighted by Gasteiger charge is 2.21. The molecule has 2 N–H and O–H groups in total. The summed E-state index contributed by atoms with van der Waals surface area (Å²) in [6.45, 7) is 3.92. The maximum absolute atomic E-state index is 13.0. The van der Waals surface area contributed by atoms with Gasteiger partial charge in [-0.15, -0.1) is 0 Å². The summed E-state index contributed by atoms with van der Waals surface area (Å²) in [6, 6.07) is 8.47. The molecule has 0 aliphatic heterocycles. The van der Waals surface area contributed by atoms with Crippen LogP contribution in [-0.4, -0.2) is 23.0 Å². The molecule has 2 rings (SSSR count). The molecule has 1 unspecified atom stereocenters. The van der Waals surface area contributed by atoms with E-state index in [0.29, 0.717) is 6.42 Å². The Balaban J connectivity index is 2.07. The Morgan fingerprint density at radius 2 is 1.74 bits per heavy atom. The van der Waals surface area contributed by atoms with Gasteiger partial charge in [0.1, 0.15) is 5.82 Å². The maximum Gasteiger partial charge on any atom is 0.371 e. The zero-order chi connectivity index (χ0) is 17.0. The molecule has 1 aromatic carbocycles. The molecule has 0 aliphatic carbocycles. The van der Waals surface area contributed by atoms with Crippen molar-refractivity contribution in [3.05, 3.63) is 59.3 Å². The van der Waals surface area contributed by atoms with E-state index >= 15 is 0 Å². The van der Waals surface area contributed by atoms with Gasteiger partial charge in [0, 0.05) is 6.04 Å². The number of rotatable bonds is 6. The van der Waals surface area contributed by atoms with Crippen LogP contribution >= 0.6 is 0 Å². The van der Waals surface area contributed by atoms with Crippen molar-refractivity contribution in [3.8, 4) is 0 Å². The number of hydrogen-bond acceptors (Lipinski definition) is 3. The number of aromatic carboxylic acids is 1. The van der Waals surface area contributed by atoms with E-state index in [1.54, 1.807) is 12.1 Å². The van der Waals surface area contributed by atoms with Gasteiger partial charge in [0.2, 0.25) is 5.76 Å². The second kappa shape index (κ2) is 7.09. The summed E-state index contributed by atoms with van der Waals surface area (Å²) in [5.41, 5.74) is 0.899. The number of furan rings is 1. The van der Waals surface area contributed by atoms with Gasteiger partial charge < -0.3 is 14.8 Å². The number of carboxylic acids is 1. The van der Waals surface area contributed by atoms with E-state index < -0.39 is 11.9 Å². The lowest BCUT2D eigenvalue weighted by molar-refractivity contribution is 0.0659. The first kappa shape index (κ1) is 16.7. The van der Waals surface area contributed by atoms with Gasteiger partial charge in [-0.3, -0.25) is 4.79 Å². The van der Waals surface area contributed by atoms with E-state index in [1.807, 2.05) is 13.8 Å². The third kappa shape index (κ3) is 4.42. The van der Waals surface area contributed by atoms with Crippen LogP contribution < -0.4 is 5.32 Å². The minimum absolute atomic E-state index is 0.0489. The molecule has 2 aromatic rings. The summed E-state index contributed by atoms with van der Waals surface area (Å²) in [7, 11) is 0. The van der Waals surface area contributed by atoms with Crippen LogP contribution in [0.5, 0.6) is 0 Å². The van der Waals surface area contributed by atoms with Crippen molar-refractivity contribution in [1.82, 2.24) is 5.32 Å². The summed E-state index contributed by atoms with van der Waals surface area (Å²) in [4.78, 5) is 23.0. The normalized spacial score (nSPS) is 12.2. The SMILES string of the molecule is CC(C)C(Cc1ccc(F)cc1)NC(=O)c1ccc(C(=O)O)o1. The first-order valence-corrected chi connectivity index (χ1v) is 7.25. The Morgan fingerprint density at radius 3 is 2.26 bits per heavy atom. The van der Waals surface area contributed by atoms with Gasteiger partial charge in [-0.2, -0.15) is 0 Å². The van der Waals surface area contributed by atoms with Gasteiger partial charge in [0.05, 0.1) is 0 Å². The fraction of sp³-hybridized carbons (Fsp3) is 0.294. The molecule has 122 valence electrons. The summed E-state index contributed by atoms with van der Waals surface area (Å²) < 4.78 is 17.9. The number of amides is 1. The van der Waals surface area contributed by atoms with Gasteiger partial charge in [-0.25, -0.2) is 9.18 Å². The van der Waals surface area contributed by atoms with E-state index in [2.05, 4.69) is 5.32 Å². The molecule has 0 saturated carbocycles. The lowest BCUT2D eigenvalue weighted by Crippen LogP contribution is -2.40. The van der Waals surface area contributed by atoms with Crippen molar-refractivity contribution < 1.29 is 23.5 Å². The summed E-state index contributed by atoms with van der Waals surface area (Å²) in [5, 5.41) is 11.6. The molecule has 1 aromatic heterocycles. The quantitative estimate of drug-likeness (QED) is 0.857. The molecule has 1 atom stereocenters. The zero-order valence-corrected chi connectivity index (χ0v) is 12.9. The number of halogens is 1. The lowest BCUT2D eigenvalue weighted by atomic mass is 9.96. The predicted octanol–water partition coefficient (Wildman–Crippen LogP) is 3.11. The van der Waals surface area contributed by atoms with Crippen LogP contribution in [0, 0.1) is 11.7 Å². The smallest absolute Gasteiger partial charge is 0.371 e. The van der Waals surface area contributed by atoms with E-state index in [-0.39, 0.29) is 29.3 Å². The number of carboxylic acid groups (broad SMARTS) is 1. The first-order valence-electron chi connectivity index (χ1n) is 7.25. The van der Waals surface area contributed by atoms with E-state index in [9.17, 15) is 14.0 Å². The van der Waals surface area contributed by atoms with Crippen molar-refractivity contribution in [2.75, 3.05) is 0 Å². The summed E-state index contributed by atoms with van der Waals surface area (Å²) in [5.74, 6) is -2.20. The third-order valence-corrected chi connectivity index (χ3v) is 3.53. The second-order valence-corrected chi connectivity index (χ2v) is 5.62. The Labute approximate surface area is 133 Å². The van der Waals surface area contributed by atoms with Crippen LogP contribution in [0.15, 0.2) is 40.8 Å². The van der Waals surface area contributed by atoms with E-state index in [1.165, 1.54) is 24.3 Å². The Morgan fingerprint density at radius 1 is 1.13 bits per heavy atom. The maximum atomic E-state index is 13.0. The number of hydrogen-bond donors (Lipinski definition) is 2. The van der Waals surface area contributed by atoms with E-state index in [0.717, 1.165) is 5.56 Å². The van der Waals surface area contributed by atoms with Gasteiger partial charge in [-0.1, -0.05) is 26.0 Å². The Hall–Kier alpha value is -2.63. The highest BCUT2D eigenvalue weighted by molar-refractivity contribution is 5.93. The standard InChI is InChI=1S/C17H18FNO4/c1-10(2)13(9-11-3-5-12(18)6-4-11)19-16(20)14-7-8-15(23-14)17(21)22/h3-8,10,13H,9H2,1-2H3,(H,19,20)(H,21,22). The fourth-order valence-electron chi connectivity index (χ4n) is 2.14. The molecule has 0 bridgehead atoms. The largest absolute Gasteiger partial charge is 0.475 e. The van der Waals surface area contributed by atoms with Crippen LogP contribution in [0.2, 0.25) is 0 Å². The predicted molar refractivity (Wildman–Crippen MR) is 81.9 cm³/mol. The molecule has 0 aliphatic rings. The van der Waals surface area contributed by atoms with Crippen LogP contribution in [0.3, 0.4) is 0 Å². The third-order valence-electron chi connectivity index (χ3n) is 3.53. The first-order chi connectivity index (χ1) is 10.9. The second-order valence-electron chi connectivity index (χ2n) is 5.62. The molecule has 1 amide bonds. The molecular formula is C17H18FNO4. The summed E-state index contributed by atoms with van der Waals surface area (Å²) in [6.07, 6.45) is 0.538. The van der Waals surface area contributed by atoms with Crippen molar-refractivity contribution in [1.29, 1.82) is 0 Å². The number of carbonyl (C=O) groups excluding carboxylic acids is 1. The van der Waals surface area contributed by atoms with Crippen molar-refractivity contribution in [3.63, 3.8) is 0 Å². The topological polar surface area (TPSA) is 79.5 Å². The van der Waals surface area contributed by atoms with Crippen molar-refractivity contribution in [2.45, 2.75) is 26.3 Å². The Kier molecular flexibility index (Phi) is 5.16. The number of nitrogens with one attached hydrogen (secondary N) is 1. The van der Waals surface area contributed by atoms with E-state index in [4.69, 9.17) is 9.52 Å². The minimum Gasteiger partial charge on any atom is -0.475 e. The molecule has 0 spiro atoms. The van der Waals surface area contributed by atoms with Crippen LogP contribution in [0.25, 0.3) is 0 Å². The average Bonchev–Trinajstić information content (AvgIpc) is 2.98. The lowest BCUT2D eigenvalue weighted by Gasteiger charge is -2.22. The molecular weight excluding hydrogens is 301 g/mol. The Bertz CT molecular complexity index is 691. The van der Waals surface area contributed by atoms with Gasteiger partial charge >= 0.3 is 5.97 Å². The molecule has 5 nitrogen and oxygen atoms in total. The minimum atomic E-state index is -1.23. The molecule has 0 fully saturated rings. The highest BCUT2D eigenvalue weighted by Crippen LogP contribution is 2.14. The molecule has 0 radical (unpaired) electrons. The zero-order valence-electron chi connectivity index (χ0n) is 12.9. The monoisotopic (exact) mass is 319 g/mol. The van der Waals surface area contributed by atoms with Crippen LogP contribution in [0.4, 0.5) is 4.39 Å².